The van der Waals surface area contributed by atoms with E-state index >= 15 is 0 Å². The van der Waals surface area contributed by atoms with Crippen LogP contribution in [0.2, 0.25) is 10.0 Å². The van der Waals surface area contributed by atoms with Crippen LogP contribution >= 0.6 is 23.2 Å². The van der Waals surface area contributed by atoms with E-state index in [9.17, 15) is 18.0 Å². The van der Waals surface area contributed by atoms with Gasteiger partial charge < -0.3 is 15.0 Å². The third kappa shape index (κ3) is 6.10. The number of hydrogen-bond acceptors (Lipinski definition) is 5. The molecule has 11 heteroatoms. The Labute approximate surface area is 190 Å². The van der Waals surface area contributed by atoms with Crippen molar-refractivity contribution in [2.75, 3.05) is 32.7 Å². The van der Waals surface area contributed by atoms with Gasteiger partial charge in [-0.05, 0) is 23.8 Å². The van der Waals surface area contributed by atoms with Gasteiger partial charge in [-0.1, -0.05) is 53.5 Å². The summed E-state index contributed by atoms with van der Waals surface area (Å²) in [5, 5.41) is 2.76. The molecule has 0 aliphatic carbocycles. The summed E-state index contributed by atoms with van der Waals surface area (Å²) in [5.41, 5.74) is 0.834. The number of halogens is 2. The second-order valence-electron chi connectivity index (χ2n) is 6.77. The fraction of sp³-hybridized carbons (Fsp3) is 0.300. The fourth-order valence-corrected chi connectivity index (χ4v) is 5.18. The highest BCUT2D eigenvalue weighted by molar-refractivity contribution is 7.89. The zero-order valence-corrected chi connectivity index (χ0v) is 18.8. The van der Waals surface area contributed by atoms with Gasteiger partial charge in [-0.3, -0.25) is 4.79 Å². The lowest BCUT2D eigenvalue weighted by Crippen LogP contribution is -2.52. The predicted octanol–water partition coefficient (Wildman–Crippen LogP) is 2.75. The average Bonchev–Trinajstić information content (AvgIpc) is 2.78. The highest BCUT2D eigenvalue weighted by atomic mass is 35.5. The Balaban J connectivity index is 1.47. The standard InChI is InChI=1S/C20H21Cl2N3O5S/c21-16-6-7-17(22)18(12-16)31(28,29)25-10-8-24(9-11-25)19(26)13-23-20(27)30-14-15-4-2-1-3-5-15/h1-7,12H,8-11,13-14H2,(H,23,27). The number of piperazine rings is 1. The zero-order chi connectivity index (χ0) is 22.4. The molecule has 31 heavy (non-hydrogen) atoms. The lowest BCUT2D eigenvalue weighted by molar-refractivity contribution is -0.131. The van der Waals surface area contributed by atoms with Crippen molar-refractivity contribution >= 4 is 45.2 Å². The SMILES string of the molecule is O=C(NCC(=O)N1CCN(S(=O)(=O)c2cc(Cl)ccc2Cl)CC1)OCc1ccccc1. The van der Waals surface area contributed by atoms with E-state index in [2.05, 4.69) is 5.32 Å². The number of hydrogen-bond donors (Lipinski definition) is 1. The molecular weight excluding hydrogens is 465 g/mol. The predicted molar refractivity (Wildman–Crippen MR) is 116 cm³/mol. The molecule has 0 unspecified atom stereocenters. The van der Waals surface area contributed by atoms with Crippen LogP contribution in [0.5, 0.6) is 0 Å². The third-order valence-corrected chi connectivity index (χ3v) is 7.31. The minimum absolute atomic E-state index is 0.0655. The maximum atomic E-state index is 12.8. The second-order valence-corrected chi connectivity index (χ2v) is 9.52. The van der Waals surface area contributed by atoms with E-state index < -0.39 is 16.1 Å². The number of sulfonamides is 1. The fourth-order valence-electron chi connectivity index (χ4n) is 3.03. The number of nitrogens with zero attached hydrogens (tertiary/aromatic N) is 2. The van der Waals surface area contributed by atoms with Crippen LogP contribution in [-0.2, 0) is 26.2 Å². The second kappa shape index (κ2) is 10.3. The van der Waals surface area contributed by atoms with E-state index in [0.29, 0.717) is 0 Å². The zero-order valence-electron chi connectivity index (χ0n) is 16.5. The highest BCUT2D eigenvalue weighted by Gasteiger charge is 2.31. The van der Waals surface area contributed by atoms with Gasteiger partial charge in [-0.2, -0.15) is 4.31 Å². The van der Waals surface area contributed by atoms with Crippen LogP contribution < -0.4 is 5.32 Å². The number of alkyl carbamates (subject to hydrolysis) is 1. The van der Waals surface area contributed by atoms with Crippen LogP contribution in [0, 0.1) is 0 Å². The third-order valence-electron chi connectivity index (χ3n) is 4.70. The molecule has 166 valence electrons. The van der Waals surface area contributed by atoms with Gasteiger partial charge in [0.15, 0.2) is 0 Å². The van der Waals surface area contributed by atoms with Crippen molar-refractivity contribution in [1.82, 2.24) is 14.5 Å². The summed E-state index contributed by atoms with van der Waals surface area (Å²) in [6.45, 7) is 0.461. The first kappa shape index (κ1) is 23.3. The van der Waals surface area contributed by atoms with Crippen molar-refractivity contribution in [3.05, 3.63) is 64.1 Å². The van der Waals surface area contributed by atoms with Gasteiger partial charge in [0.05, 0.1) is 5.02 Å². The van der Waals surface area contributed by atoms with Crippen LogP contribution in [-0.4, -0.2) is 62.3 Å². The summed E-state index contributed by atoms with van der Waals surface area (Å²) in [6.07, 6.45) is -0.700. The molecule has 2 aromatic carbocycles. The Morgan fingerprint density at radius 3 is 2.35 bits per heavy atom. The number of amides is 2. The number of carbonyl (C=O) groups is 2. The number of nitrogens with one attached hydrogen (secondary N) is 1. The highest BCUT2D eigenvalue weighted by Crippen LogP contribution is 2.28. The van der Waals surface area contributed by atoms with Crippen molar-refractivity contribution in [3.63, 3.8) is 0 Å². The Kier molecular flexibility index (Phi) is 7.77. The maximum Gasteiger partial charge on any atom is 0.407 e. The molecular formula is C20H21Cl2N3O5S. The first-order valence-electron chi connectivity index (χ1n) is 9.45. The van der Waals surface area contributed by atoms with Crippen LogP contribution in [0.25, 0.3) is 0 Å². The molecule has 8 nitrogen and oxygen atoms in total. The number of rotatable bonds is 6. The smallest absolute Gasteiger partial charge is 0.407 e. The largest absolute Gasteiger partial charge is 0.445 e. The molecule has 0 saturated carbocycles. The summed E-state index contributed by atoms with van der Waals surface area (Å²) in [4.78, 5) is 25.6. The number of ether oxygens (including phenoxy) is 1. The molecule has 0 bridgehead atoms. The summed E-state index contributed by atoms with van der Waals surface area (Å²) >= 11 is 11.9. The van der Waals surface area contributed by atoms with Gasteiger partial charge in [0, 0.05) is 31.2 Å². The van der Waals surface area contributed by atoms with Gasteiger partial charge in [0.1, 0.15) is 18.0 Å². The molecule has 0 atom stereocenters. The van der Waals surface area contributed by atoms with Crippen molar-refractivity contribution in [2.45, 2.75) is 11.5 Å². The molecule has 0 radical (unpaired) electrons. The average molecular weight is 486 g/mol. The molecule has 1 aliphatic rings. The van der Waals surface area contributed by atoms with E-state index in [1.807, 2.05) is 30.3 Å². The molecule has 2 aromatic rings. The molecule has 3 rings (SSSR count). The molecule has 2 amide bonds. The van der Waals surface area contributed by atoms with Crippen molar-refractivity contribution in [2.24, 2.45) is 0 Å². The molecule has 0 aromatic heterocycles. The van der Waals surface area contributed by atoms with E-state index in [0.717, 1.165) is 5.56 Å². The van der Waals surface area contributed by atoms with Crippen LogP contribution in [0.1, 0.15) is 5.56 Å². The molecule has 1 saturated heterocycles. The monoisotopic (exact) mass is 485 g/mol. The topological polar surface area (TPSA) is 96.0 Å². The normalized spacial score (nSPS) is 14.8. The lowest BCUT2D eigenvalue weighted by atomic mass is 10.2. The van der Waals surface area contributed by atoms with Crippen LogP contribution in [0.4, 0.5) is 4.79 Å². The van der Waals surface area contributed by atoms with Crippen molar-refractivity contribution in [1.29, 1.82) is 0 Å². The Hall–Kier alpha value is -2.33. The molecule has 0 spiro atoms. The summed E-state index contributed by atoms with van der Waals surface area (Å²) in [5.74, 6) is -0.325. The van der Waals surface area contributed by atoms with Gasteiger partial charge in [-0.15, -0.1) is 0 Å². The Morgan fingerprint density at radius 2 is 1.68 bits per heavy atom. The van der Waals surface area contributed by atoms with Crippen LogP contribution in [0.15, 0.2) is 53.4 Å². The van der Waals surface area contributed by atoms with Gasteiger partial charge in [0.25, 0.3) is 0 Å². The quantitative estimate of drug-likeness (QED) is 0.678. The Morgan fingerprint density at radius 1 is 1.00 bits per heavy atom. The van der Waals surface area contributed by atoms with Crippen LogP contribution in [0.3, 0.4) is 0 Å². The summed E-state index contributed by atoms with van der Waals surface area (Å²) in [6, 6.07) is 13.4. The van der Waals surface area contributed by atoms with Crippen molar-refractivity contribution in [3.8, 4) is 0 Å². The lowest BCUT2D eigenvalue weighted by Gasteiger charge is -2.34. The minimum Gasteiger partial charge on any atom is -0.445 e. The summed E-state index contributed by atoms with van der Waals surface area (Å²) in [7, 11) is -3.83. The van der Waals surface area contributed by atoms with E-state index in [4.69, 9.17) is 27.9 Å². The van der Waals surface area contributed by atoms with Gasteiger partial charge >= 0.3 is 6.09 Å². The first-order chi connectivity index (χ1) is 14.8. The van der Waals surface area contributed by atoms with Crippen molar-refractivity contribution < 1.29 is 22.7 Å². The maximum absolute atomic E-state index is 12.8. The Bertz CT molecular complexity index is 1040. The van der Waals surface area contributed by atoms with E-state index in [1.54, 1.807) is 0 Å². The molecule has 1 heterocycles. The van der Waals surface area contributed by atoms with E-state index in [-0.39, 0.29) is 60.2 Å². The molecule has 1 aliphatic heterocycles. The van der Waals surface area contributed by atoms with Gasteiger partial charge in [-0.25, -0.2) is 13.2 Å². The first-order valence-corrected chi connectivity index (χ1v) is 11.6. The van der Waals surface area contributed by atoms with E-state index in [1.165, 1.54) is 27.4 Å². The number of carbonyl (C=O) groups excluding carboxylic acids is 2. The summed E-state index contributed by atoms with van der Waals surface area (Å²) < 4.78 is 32.0. The molecule has 1 fully saturated rings. The van der Waals surface area contributed by atoms with Gasteiger partial charge in [0.2, 0.25) is 15.9 Å². The number of benzene rings is 2. The minimum atomic E-state index is -3.83. The molecule has 1 N–H and O–H groups in total.